The van der Waals surface area contributed by atoms with Crippen LogP contribution in [0.2, 0.25) is 5.02 Å². The van der Waals surface area contributed by atoms with Crippen LogP contribution in [0.1, 0.15) is 12.8 Å². The van der Waals surface area contributed by atoms with Crippen LogP contribution in [-0.2, 0) is 7.05 Å². The van der Waals surface area contributed by atoms with Gasteiger partial charge in [0.1, 0.15) is 0 Å². The van der Waals surface area contributed by atoms with Gasteiger partial charge >= 0.3 is 0 Å². The Kier molecular flexibility index (Phi) is 4.69. The fourth-order valence-electron chi connectivity index (χ4n) is 4.10. The molecule has 0 unspecified atom stereocenters. The van der Waals surface area contributed by atoms with Gasteiger partial charge in [0.25, 0.3) is 5.56 Å². The fraction of sp³-hybridized carbons (Fsp3) is 0.192. The maximum Gasteiger partial charge on any atom is 0.265 e. The van der Waals surface area contributed by atoms with E-state index in [1.54, 1.807) is 21.4 Å². The molecule has 0 radical (unpaired) electrons. The number of fused-ring (bicyclic) bond motifs is 2. The molecule has 164 valence electrons. The molecule has 1 saturated carbocycles. The lowest BCUT2D eigenvalue weighted by atomic mass is 10.0. The van der Waals surface area contributed by atoms with Crippen LogP contribution >= 0.6 is 11.6 Å². The predicted octanol–water partition coefficient (Wildman–Crippen LogP) is 5.38. The van der Waals surface area contributed by atoms with Gasteiger partial charge in [0.05, 0.1) is 23.2 Å². The number of hydrogen-bond donors (Lipinski definition) is 0. The summed E-state index contributed by atoms with van der Waals surface area (Å²) in [5.74, 6) is 1.16. The van der Waals surface area contributed by atoms with Crippen molar-refractivity contribution in [1.82, 2.24) is 19.3 Å². The van der Waals surface area contributed by atoms with E-state index < -0.39 is 0 Å². The topological polar surface area (TPSA) is 61.9 Å². The second-order valence-corrected chi connectivity index (χ2v) is 9.01. The monoisotopic (exact) mass is 456 g/mol. The highest BCUT2D eigenvalue weighted by Crippen LogP contribution is 2.31. The van der Waals surface area contributed by atoms with E-state index >= 15 is 0 Å². The van der Waals surface area contributed by atoms with Crippen molar-refractivity contribution in [3.8, 4) is 22.7 Å². The molecule has 0 spiro atoms. The summed E-state index contributed by atoms with van der Waals surface area (Å²) >= 11 is 6.12. The largest absolute Gasteiger partial charge is 0.477 e. The number of aromatic nitrogens is 4. The SMILES string of the molecule is Cn1cc2cc(-n3cc4ccc(OCC5CC5)nc4c(-c4ccc(Cl)cc4)c3=O)ccc2n1. The minimum Gasteiger partial charge on any atom is -0.477 e. The number of rotatable bonds is 5. The number of halogens is 1. The Bertz CT molecular complexity index is 1570. The van der Waals surface area contributed by atoms with Crippen molar-refractivity contribution >= 4 is 33.4 Å². The van der Waals surface area contributed by atoms with Gasteiger partial charge in [-0.1, -0.05) is 23.7 Å². The zero-order chi connectivity index (χ0) is 22.5. The van der Waals surface area contributed by atoms with Crippen LogP contribution in [0.15, 0.2) is 71.8 Å². The Balaban J connectivity index is 1.56. The number of hydrogen-bond acceptors (Lipinski definition) is 4. The Labute approximate surface area is 195 Å². The summed E-state index contributed by atoms with van der Waals surface area (Å²) in [7, 11) is 1.88. The van der Waals surface area contributed by atoms with Crippen LogP contribution in [0, 0.1) is 5.92 Å². The molecular formula is C26H21ClN4O2. The van der Waals surface area contributed by atoms with E-state index in [0.29, 0.717) is 34.5 Å². The van der Waals surface area contributed by atoms with Gasteiger partial charge in [-0.25, -0.2) is 4.98 Å². The number of aryl methyl sites for hydroxylation is 1. The molecule has 6 nitrogen and oxygen atoms in total. The molecule has 0 amide bonds. The van der Waals surface area contributed by atoms with Crippen LogP contribution in [-0.4, -0.2) is 25.9 Å². The van der Waals surface area contributed by atoms with Crippen LogP contribution in [0.3, 0.4) is 0 Å². The van der Waals surface area contributed by atoms with E-state index in [2.05, 4.69) is 5.10 Å². The number of ether oxygens (including phenoxy) is 1. The van der Waals surface area contributed by atoms with Crippen LogP contribution < -0.4 is 10.3 Å². The maximum atomic E-state index is 13.8. The first kappa shape index (κ1) is 20.0. The molecule has 1 aliphatic rings. The molecule has 0 bridgehead atoms. The molecule has 0 aliphatic heterocycles. The van der Waals surface area contributed by atoms with Gasteiger partial charge in [-0.05, 0) is 60.7 Å². The zero-order valence-corrected chi connectivity index (χ0v) is 18.8. The van der Waals surface area contributed by atoms with Gasteiger partial charge in [-0.15, -0.1) is 0 Å². The summed E-state index contributed by atoms with van der Waals surface area (Å²) in [6, 6.07) is 16.9. The zero-order valence-electron chi connectivity index (χ0n) is 18.0. The van der Waals surface area contributed by atoms with Crippen molar-refractivity contribution in [2.24, 2.45) is 13.0 Å². The lowest BCUT2D eigenvalue weighted by Crippen LogP contribution is -2.20. The van der Waals surface area contributed by atoms with Crippen molar-refractivity contribution in [2.75, 3.05) is 6.61 Å². The average molecular weight is 457 g/mol. The summed E-state index contributed by atoms with van der Waals surface area (Å²) in [6.45, 7) is 0.664. The summed E-state index contributed by atoms with van der Waals surface area (Å²) in [4.78, 5) is 18.6. The quantitative estimate of drug-likeness (QED) is 0.356. The minimum absolute atomic E-state index is 0.153. The maximum absolute atomic E-state index is 13.8. The van der Waals surface area contributed by atoms with E-state index in [-0.39, 0.29) is 5.56 Å². The highest BCUT2D eigenvalue weighted by molar-refractivity contribution is 6.30. The van der Waals surface area contributed by atoms with Gasteiger partial charge in [0, 0.05) is 47.0 Å². The van der Waals surface area contributed by atoms with Crippen LogP contribution in [0.4, 0.5) is 0 Å². The molecule has 6 rings (SSSR count). The molecule has 1 aliphatic carbocycles. The minimum atomic E-state index is -0.153. The first-order chi connectivity index (χ1) is 16.0. The molecule has 3 aromatic heterocycles. The number of pyridine rings is 2. The summed E-state index contributed by atoms with van der Waals surface area (Å²) in [6.07, 6.45) is 6.19. The third-order valence-electron chi connectivity index (χ3n) is 6.02. The van der Waals surface area contributed by atoms with Gasteiger partial charge in [0.15, 0.2) is 0 Å². The van der Waals surface area contributed by atoms with Crippen LogP contribution in [0.5, 0.6) is 5.88 Å². The Morgan fingerprint density at radius 2 is 1.85 bits per heavy atom. The third-order valence-corrected chi connectivity index (χ3v) is 6.27. The average Bonchev–Trinajstić information content (AvgIpc) is 3.57. The van der Waals surface area contributed by atoms with Crippen molar-refractivity contribution in [2.45, 2.75) is 12.8 Å². The second kappa shape index (κ2) is 7.74. The molecule has 2 aromatic carbocycles. The number of nitrogens with zero attached hydrogens (tertiary/aromatic N) is 4. The molecule has 3 heterocycles. The highest BCUT2D eigenvalue weighted by atomic mass is 35.5. The molecule has 7 heteroatoms. The van der Waals surface area contributed by atoms with Gasteiger partial charge in [0.2, 0.25) is 5.88 Å². The lowest BCUT2D eigenvalue weighted by molar-refractivity contribution is 0.289. The van der Waals surface area contributed by atoms with E-state index in [1.807, 2.05) is 61.9 Å². The Hall–Kier alpha value is -3.64. The summed E-state index contributed by atoms with van der Waals surface area (Å²) in [5.41, 5.74) is 3.40. The standard InChI is InChI=1S/C26H21ClN4O2/c1-30-13-19-12-21(9-10-22(19)29-30)31-14-18-6-11-23(33-15-16-2-3-16)28-25(18)24(26(31)32)17-4-7-20(27)8-5-17/h4-14,16H,2-3,15H2,1H3. The van der Waals surface area contributed by atoms with Crippen LogP contribution in [0.25, 0.3) is 38.6 Å². The normalized spacial score (nSPS) is 13.6. The highest BCUT2D eigenvalue weighted by Gasteiger charge is 2.22. The van der Waals surface area contributed by atoms with Crippen molar-refractivity contribution < 1.29 is 4.74 Å². The molecular weight excluding hydrogens is 436 g/mol. The Morgan fingerprint density at radius 1 is 1.03 bits per heavy atom. The summed E-state index contributed by atoms with van der Waals surface area (Å²) < 4.78 is 9.34. The van der Waals surface area contributed by atoms with Gasteiger partial charge in [-0.2, -0.15) is 5.10 Å². The molecule has 33 heavy (non-hydrogen) atoms. The first-order valence-corrected chi connectivity index (χ1v) is 11.3. The van der Waals surface area contributed by atoms with E-state index in [0.717, 1.165) is 27.5 Å². The second-order valence-electron chi connectivity index (χ2n) is 8.57. The molecule has 0 N–H and O–H groups in total. The van der Waals surface area contributed by atoms with Crippen molar-refractivity contribution in [3.63, 3.8) is 0 Å². The van der Waals surface area contributed by atoms with Crippen molar-refractivity contribution in [1.29, 1.82) is 0 Å². The Morgan fingerprint density at radius 3 is 2.64 bits per heavy atom. The third kappa shape index (κ3) is 3.76. The first-order valence-electron chi connectivity index (χ1n) is 10.9. The predicted molar refractivity (Wildman–Crippen MR) is 130 cm³/mol. The number of benzene rings is 2. The lowest BCUT2D eigenvalue weighted by Gasteiger charge is -2.13. The molecule has 1 fully saturated rings. The van der Waals surface area contributed by atoms with Crippen molar-refractivity contribution in [3.05, 3.63) is 82.4 Å². The van der Waals surface area contributed by atoms with E-state index in [9.17, 15) is 4.79 Å². The smallest absolute Gasteiger partial charge is 0.265 e. The fourth-order valence-corrected chi connectivity index (χ4v) is 4.22. The van der Waals surface area contributed by atoms with E-state index in [1.165, 1.54) is 12.8 Å². The molecule has 0 saturated heterocycles. The summed E-state index contributed by atoms with van der Waals surface area (Å²) in [5, 5.41) is 6.87. The molecule has 5 aromatic rings. The molecule has 0 atom stereocenters. The van der Waals surface area contributed by atoms with Gasteiger partial charge in [-0.3, -0.25) is 14.0 Å². The van der Waals surface area contributed by atoms with E-state index in [4.69, 9.17) is 21.3 Å². The van der Waals surface area contributed by atoms with Gasteiger partial charge < -0.3 is 4.74 Å².